The second kappa shape index (κ2) is 6.98. The topological polar surface area (TPSA) is 61.3 Å². The van der Waals surface area contributed by atoms with Crippen LogP contribution in [0.25, 0.3) is 0 Å². The van der Waals surface area contributed by atoms with Gasteiger partial charge in [-0.1, -0.05) is 6.07 Å². The molecular weight excluding hydrogens is 252 g/mol. The van der Waals surface area contributed by atoms with Crippen LogP contribution in [0.4, 0.5) is 5.69 Å². The van der Waals surface area contributed by atoms with Crippen molar-refractivity contribution in [3.8, 4) is 0 Å². The molecule has 5 heteroatoms. The average molecular weight is 272 g/mol. The molecule has 0 aromatic carbocycles. The SMILES string of the molecule is CN(C)c1cc(CO)nc(CNCc2ccccn2)c1. The average Bonchev–Trinajstić information content (AvgIpc) is 2.48. The van der Waals surface area contributed by atoms with E-state index in [1.807, 2.05) is 49.3 Å². The Hall–Kier alpha value is -1.98. The first-order valence-corrected chi connectivity index (χ1v) is 6.57. The Bertz CT molecular complexity index is 543. The molecule has 0 aliphatic rings. The highest BCUT2D eigenvalue weighted by Gasteiger charge is 2.04. The van der Waals surface area contributed by atoms with Gasteiger partial charge in [0.05, 0.1) is 23.7 Å². The zero-order chi connectivity index (χ0) is 14.4. The zero-order valence-electron chi connectivity index (χ0n) is 11.9. The Kier molecular flexibility index (Phi) is 5.03. The Morgan fingerprint density at radius 2 is 1.85 bits per heavy atom. The number of aromatic nitrogens is 2. The fraction of sp³-hybridized carbons (Fsp3) is 0.333. The van der Waals surface area contributed by atoms with Gasteiger partial charge < -0.3 is 15.3 Å². The first-order valence-electron chi connectivity index (χ1n) is 6.57. The normalized spacial score (nSPS) is 10.6. The van der Waals surface area contributed by atoms with Gasteiger partial charge >= 0.3 is 0 Å². The summed E-state index contributed by atoms with van der Waals surface area (Å²) in [5.74, 6) is 0. The van der Waals surface area contributed by atoms with Gasteiger partial charge in [-0.25, -0.2) is 0 Å². The van der Waals surface area contributed by atoms with Gasteiger partial charge in [-0.2, -0.15) is 0 Å². The van der Waals surface area contributed by atoms with Crippen LogP contribution in [0.15, 0.2) is 36.5 Å². The van der Waals surface area contributed by atoms with Crippen LogP contribution in [0, 0.1) is 0 Å². The van der Waals surface area contributed by atoms with Crippen LogP contribution in [0.5, 0.6) is 0 Å². The molecule has 2 rings (SSSR count). The van der Waals surface area contributed by atoms with E-state index in [9.17, 15) is 5.11 Å². The van der Waals surface area contributed by atoms with Gasteiger partial charge in [0.15, 0.2) is 0 Å². The highest BCUT2D eigenvalue weighted by atomic mass is 16.3. The molecule has 0 saturated heterocycles. The lowest BCUT2D eigenvalue weighted by Gasteiger charge is -2.15. The zero-order valence-corrected chi connectivity index (χ0v) is 11.9. The smallest absolute Gasteiger partial charge is 0.0853 e. The maximum absolute atomic E-state index is 9.26. The first kappa shape index (κ1) is 14.4. The molecule has 0 atom stereocenters. The first-order chi connectivity index (χ1) is 9.69. The van der Waals surface area contributed by atoms with Crippen molar-refractivity contribution in [3.63, 3.8) is 0 Å². The summed E-state index contributed by atoms with van der Waals surface area (Å²) in [4.78, 5) is 10.7. The third-order valence-electron chi connectivity index (χ3n) is 2.93. The summed E-state index contributed by atoms with van der Waals surface area (Å²) in [5, 5.41) is 12.6. The second-order valence-corrected chi connectivity index (χ2v) is 4.79. The number of anilines is 1. The predicted octanol–water partition coefficient (Wildman–Crippen LogP) is 1.32. The molecular formula is C15H20N4O. The summed E-state index contributed by atoms with van der Waals surface area (Å²) in [5.41, 5.74) is 3.64. The predicted molar refractivity (Wildman–Crippen MR) is 79.3 cm³/mol. The van der Waals surface area contributed by atoms with Crippen molar-refractivity contribution < 1.29 is 5.11 Å². The molecule has 2 N–H and O–H groups in total. The summed E-state index contributed by atoms with van der Waals surface area (Å²) >= 11 is 0. The highest BCUT2D eigenvalue weighted by Crippen LogP contribution is 2.14. The summed E-state index contributed by atoms with van der Waals surface area (Å²) in [6.07, 6.45) is 1.78. The molecule has 0 fully saturated rings. The number of hydrogen-bond acceptors (Lipinski definition) is 5. The van der Waals surface area contributed by atoms with Crippen LogP contribution in [-0.2, 0) is 19.7 Å². The van der Waals surface area contributed by atoms with Crippen molar-refractivity contribution in [2.24, 2.45) is 0 Å². The fourth-order valence-electron chi connectivity index (χ4n) is 1.88. The van der Waals surface area contributed by atoms with Gasteiger partial charge in [-0.15, -0.1) is 0 Å². The number of aliphatic hydroxyl groups excluding tert-OH is 1. The minimum absolute atomic E-state index is 0.0467. The molecule has 0 amide bonds. The second-order valence-electron chi connectivity index (χ2n) is 4.79. The Labute approximate surface area is 119 Å². The molecule has 0 radical (unpaired) electrons. The molecule has 106 valence electrons. The van der Waals surface area contributed by atoms with E-state index in [2.05, 4.69) is 15.3 Å². The summed E-state index contributed by atoms with van der Waals surface area (Å²) in [7, 11) is 3.95. The largest absolute Gasteiger partial charge is 0.390 e. The maximum Gasteiger partial charge on any atom is 0.0853 e. The Balaban J connectivity index is 2.00. The van der Waals surface area contributed by atoms with Crippen LogP contribution in [0.2, 0.25) is 0 Å². The molecule has 0 saturated carbocycles. The Morgan fingerprint density at radius 3 is 2.50 bits per heavy atom. The number of nitrogens with zero attached hydrogens (tertiary/aromatic N) is 3. The van der Waals surface area contributed by atoms with Crippen LogP contribution < -0.4 is 10.2 Å². The minimum Gasteiger partial charge on any atom is -0.390 e. The number of aliphatic hydroxyl groups is 1. The molecule has 2 heterocycles. The molecule has 0 aliphatic carbocycles. The van der Waals surface area contributed by atoms with Crippen molar-refractivity contribution >= 4 is 5.69 Å². The number of hydrogen-bond donors (Lipinski definition) is 2. The quantitative estimate of drug-likeness (QED) is 0.830. The minimum atomic E-state index is -0.0467. The summed E-state index contributed by atoms with van der Waals surface area (Å²) in [6, 6.07) is 9.76. The lowest BCUT2D eigenvalue weighted by molar-refractivity contribution is 0.276. The van der Waals surface area contributed by atoms with E-state index in [4.69, 9.17) is 0 Å². The van der Waals surface area contributed by atoms with E-state index in [1.54, 1.807) is 6.20 Å². The maximum atomic E-state index is 9.26. The van der Waals surface area contributed by atoms with Gasteiger partial charge in [0, 0.05) is 39.1 Å². The van der Waals surface area contributed by atoms with E-state index in [1.165, 1.54) is 0 Å². The lowest BCUT2D eigenvalue weighted by Crippen LogP contribution is -2.16. The Morgan fingerprint density at radius 1 is 1.10 bits per heavy atom. The monoisotopic (exact) mass is 272 g/mol. The molecule has 0 bridgehead atoms. The highest BCUT2D eigenvalue weighted by molar-refractivity contribution is 5.46. The lowest BCUT2D eigenvalue weighted by atomic mass is 10.2. The number of nitrogens with one attached hydrogen (secondary N) is 1. The van der Waals surface area contributed by atoms with E-state index < -0.39 is 0 Å². The fourth-order valence-corrected chi connectivity index (χ4v) is 1.88. The molecule has 2 aromatic rings. The van der Waals surface area contributed by atoms with Crippen molar-refractivity contribution in [1.82, 2.24) is 15.3 Å². The molecule has 5 nitrogen and oxygen atoms in total. The van der Waals surface area contributed by atoms with Gasteiger partial charge in [-0.3, -0.25) is 9.97 Å². The van der Waals surface area contributed by atoms with Gasteiger partial charge in [0.2, 0.25) is 0 Å². The van der Waals surface area contributed by atoms with Crippen LogP contribution in [0.3, 0.4) is 0 Å². The number of pyridine rings is 2. The van der Waals surface area contributed by atoms with Gasteiger partial charge in [0.1, 0.15) is 0 Å². The molecule has 0 spiro atoms. The standard InChI is InChI=1S/C15H20N4O/c1-19(2)15-7-13(18-14(8-15)11-20)10-16-9-12-5-3-4-6-17-12/h3-8,16,20H,9-11H2,1-2H3. The number of rotatable bonds is 6. The van der Waals surface area contributed by atoms with E-state index in [-0.39, 0.29) is 6.61 Å². The van der Waals surface area contributed by atoms with Gasteiger partial charge in [0.25, 0.3) is 0 Å². The van der Waals surface area contributed by atoms with E-state index >= 15 is 0 Å². The summed E-state index contributed by atoms with van der Waals surface area (Å²) < 4.78 is 0. The van der Waals surface area contributed by atoms with Gasteiger partial charge in [-0.05, 0) is 24.3 Å². The van der Waals surface area contributed by atoms with Crippen molar-refractivity contribution in [3.05, 3.63) is 53.6 Å². The van der Waals surface area contributed by atoms with E-state index in [0.29, 0.717) is 18.8 Å². The molecule has 0 unspecified atom stereocenters. The molecule has 2 aromatic heterocycles. The van der Waals surface area contributed by atoms with Crippen LogP contribution >= 0.6 is 0 Å². The third-order valence-corrected chi connectivity index (χ3v) is 2.93. The van der Waals surface area contributed by atoms with Crippen molar-refractivity contribution in [1.29, 1.82) is 0 Å². The summed E-state index contributed by atoms with van der Waals surface area (Å²) in [6.45, 7) is 1.29. The van der Waals surface area contributed by atoms with Crippen molar-refractivity contribution in [2.45, 2.75) is 19.7 Å². The third kappa shape index (κ3) is 4.01. The van der Waals surface area contributed by atoms with Crippen LogP contribution in [-0.4, -0.2) is 29.2 Å². The molecule has 20 heavy (non-hydrogen) atoms. The van der Waals surface area contributed by atoms with E-state index in [0.717, 1.165) is 17.1 Å². The van der Waals surface area contributed by atoms with Crippen molar-refractivity contribution in [2.75, 3.05) is 19.0 Å². The molecule has 0 aliphatic heterocycles. The van der Waals surface area contributed by atoms with Crippen LogP contribution in [0.1, 0.15) is 17.1 Å².